The van der Waals surface area contributed by atoms with E-state index in [1.807, 2.05) is 18.3 Å². The van der Waals surface area contributed by atoms with Gasteiger partial charge in [-0.1, -0.05) is 0 Å². The van der Waals surface area contributed by atoms with Crippen LogP contribution in [0.15, 0.2) is 66.0 Å². The van der Waals surface area contributed by atoms with Crippen molar-refractivity contribution in [3.63, 3.8) is 0 Å². The number of nitrogens with zero attached hydrogens (tertiary/aromatic N) is 6. The second-order valence-corrected chi connectivity index (χ2v) is 7.39. The van der Waals surface area contributed by atoms with E-state index in [2.05, 4.69) is 20.0 Å². The summed E-state index contributed by atoms with van der Waals surface area (Å²) in [5, 5.41) is 4.50. The van der Waals surface area contributed by atoms with E-state index in [1.54, 1.807) is 35.0 Å². The second-order valence-electron chi connectivity index (χ2n) is 7.39. The fourth-order valence-electron chi connectivity index (χ4n) is 3.74. The highest BCUT2D eigenvalue weighted by atomic mass is 19.1. The summed E-state index contributed by atoms with van der Waals surface area (Å²) in [6, 6.07) is 10.2. The van der Waals surface area contributed by atoms with Crippen LogP contribution in [0, 0.1) is 11.7 Å². The molecule has 5 heterocycles. The van der Waals surface area contributed by atoms with Crippen molar-refractivity contribution >= 4 is 5.65 Å². The molecule has 1 saturated heterocycles. The number of hydrogen-bond donors (Lipinski definition) is 0. The first kappa shape index (κ1) is 17.7. The van der Waals surface area contributed by atoms with Crippen LogP contribution in [-0.2, 0) is 13.1 Å². The highest BCUT2D eigenvalue weighted by Gasteiger charge is 2.28. The summed E-state index contributed by atoms with van der Waals surface area (Å²) in [4.78, 5) is 23.1. The molecule has 0 spiro atoms. The average Bonchev–Trinajstić information content (AvgIpc) is 3.10. The number of imidazole rings is 1. The van der Waals surface area contributed by atoms with Gasteiger partial charge in [0.25, 0.3) is 5.56 Å². The Morgan fingerprint density at radius 1 is 1.10 bits per heavy atom. The van der Waals surface area contributed by atoms with Crippen molar-refractivity contribution < 1.29 is 4.39 Å². The number of likely N-dealkylation sites (tertiary alicyclic amines) is 1. The molecule has 7 nitrogen and oxygen atoms in total. The lowest BCUT2D eigenvalue weighted by molar-refractivity contribution is 0.0756. The first-order chi connectivity index (χ1) is 14.1. The molecule has 4 aromatic rings. The maximum Gasteiger partial charge on any atom is 0.266 e. The lowest BCUT2D eigenvalue weighted by Gasteiger charge is -2.38. The van der Waals surface area contributed by atoms with Gasteiger partial charge in [-0.3, -0.25) is 14.7 Å². The Balaban J connectivity index is 1.23. The van der Waals surface area contributed by atoms with Crippen LogP contribution in [0.2, 0.25) is 0 Å². The minimum absolute atomic E-state index is 0.0986. The Hall–Kier alpha value is -3.39. The van der Waals surface area contributed by atoms with E-state index in [0.717, 1.165) is 35.7 Å². The third-order valence-corrected chi connectivity index (χ3v) is 5.14. The average molecular weight is 390 g/mol. The van der Waals surface area contributed by atoms with Crippen LogP contribution in [-0.4, -0.2) is 42.1 Å². The largest absolute Gasteiger partial charge is 0.304 e. The zero-order valence-electron chi connectivity index (χ0n) is 15.6. The molecular weight excluding hydrogens is 371 g/mol. The Labute approximate surface area is 166 Å². The molecule has 0 N–H and O–H groups in total. The van der Waals surface area contributed by atoms with Gasteiger partial charge in [0.15, 0.2) is 0 Å². The summed E-state index contributed by atoms with van der Waals surface area (Å²) in [7, 11) is 0. The first-order valence-corrected chi connectivity index (χ1v) is 9.48. The SMILES string of the molecule is O=c1ccc(-c2cccnc2)nn1CC1CN(Cc2cn3cc(F)ccc3n2)C1. The molecule has 0 bridgehead atoms. The fourth-order valence-corrected chi connectivity index (χ4v) is 3.74. The number of fused-ring (bicyclic) bond motifs is 1. The third kappa shape index (κ3) is 3.66. The predicted molar refractivity (Wildman–Crippen MR) is 106 cm³/mol. The molecule has 0 radical (unpaired) electrons. The topological polar surface area (TPSA) is 68.3 Å². The molecule has 0 aromatic carbocycles. The van der Waals surface area contributed by atoms with Crippen molar-refractivity contribution in [2.45, 2.75) is 13.1 Å². The van der Waals surface area contributed by atoms with Crippen molar-refractivity contribution in [2.24, 2.45) is 5.92 Å². The van der Waals surface area contributed by atoms with Crippen molar-refractivity contribution in [2.75, 3.05) is 13.1 Å². The van der Waals surface area contributed by atoms with Gasteiger partial charge in [-0.05, 0) is 30.3 Å². The molecular formula is C21H19FN6O. The van der Waals surface area contributed by atoms with Crippen LogP contribution in [0.4, 0.5) is 4.39 Å². The van der Waals surface area contributed by atoms with Crippen LogP contribution < -0.4 is 5.56 Å². The van der Waals surface area contributed by atoms with E-state index < -0.39 is 0 Å². The van der Waals surface area contributed by atoms with Gasteiger partial charge in [-0.2, -0.15) is 5.10 Å². The van der Waals surface area contributed by atoms with Crippen molar-refractivity contribution in [1.82, 2.24) is 29.0 Å². The first-order valence-electron chi connectivity index (χ1n) is 9.48. The summed E-state index contributed by atoms with van der Waals surface area (Å²) in [5.74, 6) is 0.0794. The smallest absolute Gasteiger partial charge is 0.266 e. The molecule has 0 atom stereocenters. The normalized spacial score (nSPS) is 14.9. The lowest BCUT2D eigenvalue weighted by Crippen LogP contribution is -2.48. The molecule has 4 aromatic heterocycles. The van der Waals surface area contributed by atoms with Gasteiger partial charge in [0.1, 0.15) is 11.5 Å². The van der Waals surface area contributed by atoms with Gasteiger partial charge in [0, 0.05) is 62.0 Å². The molecule has 1 fully saturated rings. The molecule has 5 rings (SSSR count). The monoisotopic (exact) mass is 390 g/mol. The van der Waals surface area contributed by atoms with Crippen LogP contribution in [0.1, 0.15) is 5.69 Å². The fraction of sp³-hybridized carbons (Fsp3) is 0.238. The van der Waals surface area contributed by atoms with Gasteiger partial charge in [0.05, 0.1) is 17.9 Å². The van der Waals surface area contributed by atoms with Crippen LogP contribution >= 0.6 is 0 Å². The Morgan fingerprint density at radius 2 is 2.00 bits per heavy atom. The highest BCUT2D eigenvalue weighted by molar-refractivity contribution is 5.56. The zero-order chi connectivity index (χ0) is 19.8. The molecule has 1 aliphatic rings. The maximum atomic E-state index is 13.3. The van der Waals surface area contributed by atoms with Gasteiger partial charge >= 0.3 is 0 Å². The van der Waals surface area contributed by atoms with Crippen molar-refractivity contribution in [3.05, 3.63) is 83.1 Å². The van der Waals surface area contributed by atoms with Gasteiger partial charge < -0.3 is 4.40 Å². The molecule has 1 aliphatic heterocycles. The second kappa shape index (κ2) is 7.21. The highest BCUT2D eigenvalue weighted by Crippen LogP contribution is 2.20. The quantitative estimate of drug-likeness (QED) is 0.523. The van der Waals surface area contributed by atoms with E-state index in [4.69, 9.17) is 0 Å². The minimum Gasteiger partial charge on any atom is -0.304 e. The Kier molecular flexibility index (Phi) is 4.40. The predicted octanol–water partition coefficient (Wildman–Crippen LogP) is 2.22. The van der Waals surface area contributed by atoms with Crippen LogP contribution in [0.25, 0.3) is 16.9 Å². The summed E-state index contributed by atoms with van der Waals surface area (Å²) >= 11 is 0. The van der Waals surface area contributed by atoms with Crippen LogP contribution in [0.3, 0.4) is 0 Å². The number of halogens is 1. The summed E-state index contributed by atoms with van der Waals surface area (Å²) in [6.45, 7) is 3.03. The van der Waals surface area contributed by atoms with Gasteiger partial charge in [-0.25, -0.2) is 14.1 Å². The van der Waals surface area contributed by atoms with E-state index in [9.17, 15) is 9.18 Å². The summed E-state index contributed by atoms with van der Waals surface area (Å²) in [5.41, 5.74) is 3.17. The van der Waals surface area contributed by atoms with Crippen molar-refractivity contribution in [3.8, 4) is 11.3 Å². The van der Waals surface area contributed by atoms with E-state index in [0.29, 0.717) is 19.0 Å². The molecule has 29 heavy (non-hydrogen) atoms. The maximum absolute atomic E-state index is 13.3. The number of pyridine rings is 2. The molecule has 8 heteroatoms. The Morgan fingerprint density at radius 3 is 2.83 bits per heavy atom. The summed E-state index contributed by atoms with van der Waals surface area (Å²) < 4.78 is 16.6. The molecule has 146 valence electrons. The lowest BCUT2D eigenvalue weighted by atomic mass is 10.00. The third-order valence-electron chi connectivity index (χ3n) is 5.14. The standard InChI is InChI=1S/C21H19FN6O/c22-17-3-5-20-24-18(14-27(20)12-17)13-26-9-15(10-26)11-28-21(29)6-4-19(25-28)16-2-1-7-23-8-16/h1-8,12,14-15H,9-11,13H2. The summed E-state index contributed by atoms with van der Waals surface area (Å²) in [6.07, 6.45) is 6.73. The molecule has 0 saturated carbocycles. The van der Waals surface area contributed by atoms with Crippen LogP contribution in [0.5, 0.6) is 0 Å². The number of hydrogen-bond acceptors (Lipinski definition) is 5. The molecule has 0 aliphatic carbocycles. The van der Waals surface area contributed by atoms with Gasteiger partial charge in [-0.15, -0.1) is 0 Å². The zero-order valence-corrected chi connectivity index (χ0v) is 15.6. The van der Waals surface area contributed by atoms with E-state index in [1.165, 1.54) is 16.9 Å². The van der Waals surface area contributed by atoms with Gasteiger partial charge in [0.2, 0.25) is 0 Å². The minimum atomic E-state index is -0.281. The number of rotatable bonds is 5. The number of aromatic nitrogens is 5. The molecule has 0 unspecified atom stereocenters. The Bertz CT molecular complexity index is 1210. The van der Waals surface area contributed by atoms with Crippen molar-refractivity contribution in [1.29, 1.82) is 0 Å². The van der Waals surface area contributed by atoms with E-state index in [-0.39, 0.29) is 11.4 Å². The molecule has 0 amide bonds. The van der Waals surface area contributed by atoms with E-state index >= 15 is 0 Å².